The van der Waals surface area contributed by atoms with Gasteiger partial charge in [0, 0.05) is 50.4 Å². The summed E-state index contributed by atoms with van der Waals surface area (Å²) in [5.41, 5.74) is 1.73. The van der Waals surface area contributed by atoms with E-state index in [1.165, 1.54) is 0 Å². The van der Waals surface area contributed by atoms with Crippen molar-refractivity contribution in [1.29, 1.82) is 0 Å². The highest BCUT2D eigenvalue weighted by molar-refractivity contribution is 5.97. The fraction of sp³-hybridized carbons (Fsp3) is 0.316. The van der Waals surface area contributed by atoms with Crippen molar-refractivity contribution in [3.63, 3.8) is 0 Å². The molecule has 0 saturated carbocycles. The van der Waals surface area contributed by atoms with Crippen LogP contribution in [-0.2, 0) is 4.79 Å². The van der Waals surface area contributed by atoms with Crippen molar-refractivity contribution >= 4 is 24.1 Å². The van der Waals surface area contributed by atoms with E-state index in [9.17, 15) is 9.59 Å². The van der Waals surface area contributed by atoms with Gasteiger partial charge >= 0.3 is 0 Å². The molecule has 1 saturated heterocycles. The third-order valence-corrected chi connectivity index (χ3v) is 4.32. The standard InChI is InChI=1S/C19H21N3O2.ClH/c23-18(16-4-2-1-3-5-16)6-7-19(24)22-13-12-21-14-17(22)15-8-10-20-11-9-15;/h1-5,8-11,17,21H,6-7,12-14H2;1H. The van der Waals surface area contributed by atoms with Crippen LogP contribution < -0.4 is 5.32 Å². The summed E-state index contributed by atoms with van der Waals surface area (Å²) in [6.45, 7) is 2.16. The molecule has 1 aromatic heterocycles. The van der Waals surface area contributed by atoms with Crippen molar-refractivity contribution in [1.82, 2.24) is 15.2 Å². The smallest absolute Gasteiger partial charge is 0.223 e. The average molecular weight is 360 g/mol. The van der Waals surface area contributed by atoms with Gasteiger partial charge in [0.15, 0.2) is 5.78 Å². The number of amides is 1. The van der Waals surface area contributed by atoms with Crippen LogP contribution in [0, 0.1) is 0 Å². The molecular weight excluding hydrogens is 338 g/mol. The monoisotopic (exact) mass is 359 g/mol. The molecule has 1 N–H and O–H groups in total. The molecule has 1 aromatic carbocycles. The van der Waals surface area contributed by atoms with Gasteiger partial charge in [-0.1, -0.05) is 30.3 Å². The summed E-state index contributed by atoms with van der Waals surface area (Å²) in [6.07, 6.45) is 3.97. The molecule has 5 nitrogen and oxygen atoms in total. The van der Waals surface area contributed by atoms with Gasteiger partial charge in [0.2, 0.25) is 5.91 Å². The fourth-order valence-corrected chi connectivity index (χ4v) is 3.02. The third kappa shape index (κ3) is 4.87. The Morgan fingerprint density at radius 2 is 1.80 bits per heavy atom. The molecule has 1 aliphatic rings. The molecule has 1 fully saturated rings. The zero-order valence-electron chi connectivity index (χ0n) is 13.9. The van der Waals surface area contributed by atoms with Gasteiger partial charge in [0.05, 0.1) is 6.04 Å². The molecule has 0 bridgehead atoms. The van der Waals surface area contributed by atoms with Crippen molar-refractivity contribution in [2.24, 2.45) is 0 Å². The molecule has 1 aliphatic heterocycles. The second-order valence-electron chi connectivity index (χ2n) is 5.88. The van der Waals surface area contributed by atoms with Gasteiger partial charge in [-0.2, -0.15) is 0 Å². The van der Waals surface area contributed by atoms with Gasteiger partial charge in [-0.25, -0.2) is 0 Å². The molecule has 3 rings (SSSR count). The van der Waals surface area contributed by atoms with Crippen LogP contribution in [0.3, 0.4) is 0 Å². The maximum atomic E-state index is 12.6. The van der Waals surface area contributed by atoms with Crippen LogP contribution in [0.15, 0.2) is 54.9 Å². The van der Waals surface area contributed by atoms with Gasteiger partial charge in [0.25, 0.3) is 0 Å². The molecule has 2 heterocycles. The number of hydrogen-bond donors (Lipinski definition) is 1. The van der Waals surface area contributed by atoms with E-state index in [0.29, 0.717) is 12.1 Å². The van der Waals surface area contributed by atoms with E-state index in [0.717, 1.165) is 18.7 Å². The van der Waals surface area contributed by atoms with Crippen LogP contribution in [0.1, 0.15) is 34.8 Å². The molecule has 2 aromatic rings. The maximum absolute atomic E-state index is 12.6. The van der Waals surface area contributed by atoms with Crippen LogP contribution >= 0.6 is 12.4 Å². The lowest BCUT2D eigenvalue weighted by Gasteiger charge is -2.36. The van der Waals surface area contributed by atoms with Crippen LogP contribution in [0.5, 0.6) is 0 Å². The van der Waals surface area contributed by atoms with Crippen LogP contribution in [-0.4, -0.2) is 41.2 Å². The number of carbonyl (C=O) groups is 2. The van der Waals surface area contributed by atoms with Gasteiger partial charge in [0.1, 0.15) is 0 Å². The zero-order chi connectivity index (χ0) is 16.8. The number of halogens is 1. The molecule has 1 atom stereocenters. The normalized spacial score (nSPS) is 16.8. The predicted molar refractivity (Wildman–Crippen MR) is 98.8 cm³/mol. The second-order valence-corrected chi connectivity index (χ2v) is 5.88. The molecule has 0 radical (unpaired) electrons. The molecule has 0 aliphatic carbocycles. The lowest BCUT2D eigenvalue weighted by molar-refractivity contribution is -0.134. The van der Waals surface area contributed by atoms with E-state index in [1.807, 2.05) is 35.2 Å². The van der Waals surface area contributed by atoms with E-state index < -0.39 is 0 Å². The van der Waals surface area contributed by atoms with E-state index in [-0.39, 0.29) is 43.0 Å². The van der Waals surface area contributed by atoms with Crippen molar-refractivity contribution in [3.05, 3.63) is 66.0 Å². The number of nitrogens with zero attached hydrogens (tertiary/aromatic N) is 2. The fourth-order valence-electron chi connectivity index (χ4n) is 3.02. The Morgan fingerprint density at radius 3 is 2.52 bits per heavy atom. The number of rotatable bonds is 5. The molecule has 1 unspecified atom stereocenters. The number of piperazine rings is 1. The van der Waals surface area contributed by atoms with Crippen molar-refractivity contribution < 1.29 is 9.59 Å². The lowest BCUT2D eigenvalue weighted by Crippen LogP contribution is -2.48. The summed E-state index contributed by atoms with van der Waals surface area (Å²) < 4.78 is 0. The van der Waals surface area contributed by atoms with Gasteiger partial charge in [-0.15, -0.1) is 12.4 Å². The average Bonchev–Trinajstić information content (AvgIpc) is 2.67. The molecule has 132 valence electrons. The number of Topliss-reactive ketones (excluding diaryl/α,β-unsaturated/α-hetero) is 1. The minimum absolute atomic E-state index is 0. The number of carbonyl (C=O) groups excluding carboxylic acids is 2. The van der Waals surface area contributed by atoms with Gasteiger partial charge in [-0.05, 0) is 17.7 Å². The number of ketones is 1. The highest BCUT2D eigenvalue weighted by Gasteiger charge is 2.27. The van der Waals surface area contributed by atoms with E-state index in [1.54, 1.807) is 24.5 Å². The highest BCUT2D eigenvalue weighted by atomic mass is 35.5. The first-order valence-corrected chi connectivity index (χ1v) is 8.24. The van der Waals surface area contributed by atoms with E-state index in [2.05, 4.69) is 10.3 Å². The Bertz CT molecular complexity index is 694. The molecule has 6 heteroatoms. The number of pyridine rings is 1. The minimum Gasteiger partial charge on any atom is -0.333 e. The van der Waals surface area contributed by atoms with Gasteiger partial charge in [-0.3, -0.25) is 14.6 Å². The summed E-state index contributed by atoms with van der Waals surface area (Å²) in [5.74, 6) is 0.0436. The minimum atomic E-state index is 0. The maximum Gasteiger partial charge on any atom is 0.223 e. The largest absolute Gasteiger partial charge is 0.333 e. The Labute approximate surface area is 153 Å². The number of benzene rings is 1. The number of aromatic nitrogens is 1. The second kappa shape index (κ2) is 9.30. The van der Waals surface area contributed by atoms with E-state index in [4.69, 9.17) is 0 Å². The first-order valence-electron chi connectivity index (χ1n) is 8.24. The first kappa shape index (κ1) is 19.1. The van der Waals surface area contributed by atoms with Crippen LogP contribution in [0.25, 0.3) is 0 Å². The summed E-state index contributed by atoms with van der Waals surface area (Å²) in [5, 5.41) is 3.33. The Morgan fingerprint density at radius 1 is 1.08 bits per heavy atom. The quantitative estimate of drug-likeness (QED) is 0.834. The number of hydrogen-bond acceptors (Lipinski definition) is 4. The summed E-state index contributed by atoms with van der Waals surface area (Å²) in [4.78, 5) is 30.8. The van der Waals surface area contributed by atoms with Crippen molar-refractivity contribution in [2.45, 2.75) is 18.9 Å². The lowest BCUT2D eigenvalue weighted by atomic mass is 10.0. The summed E-state index contributed by atoms with van der Waals surface area (Å²) in [7, 11) is 0. The third-order valence-electron chi connectivity index (χ3n) is 4.32. The Balaban J connectivity index is 0.00000225. The van der Waals surface area contributed by atoms with Gasteiger partial charge < -0.3 is 10.2 Å². The summed E-state index contributed by atoms with van der Waals surface area (Å²) in [6, 6.07) is 13.0. The molecular formula is C19H22ClN3O2. The van der Waals surface area contributed by atoms with Crippen LogP contribution in [0.2, 0.25) is 0 Å². The predicted octanol–water partition coefficient (Wildman–Crippen LogP) is 2.64. The molecule has 0 spiro atoms. The van der Waals surface area contributed by atoms with Crippen molar-refractivity contribution in [2.75, 3.05) is 19.6 Å². The zero-order valence-corrected chi connectivity index (χ0v) is 14.7. The van der Waals surface area contributed by atoms with E-state index >= 15 is 0 Å². The highest BCUT2D eigenvalue weighted by Crippen LogP contribution is 2.23. The SMILES string of the molecule is Cl.O=C(CCC(=O)N1CCNCC1c1ccncc1)c1ccccc1. The Kier molecular flexibility index (Phi) is 7.10. The topological polar surface area (TPSA) is 62.3 Å². The number of nitrogens with one attached hydrogen (secondary N) is 1. The molecule has 25 heavy (non-hydrogen) atoms. The summed E-state index contributed by atoms with van der Waals surface area (Å²) >= 11 is 0. The molecule has 1 amide bonds. The van der Waals surface area contributed by atoms with Crippen molar-refractivity contribution in [3.8, 4) is 0 Å². The Hall–Kier alpha value is -2.24. The first-order chi connectivity index (χ1) is 11.8. The van der Waals surface area contributed by atoms with Crippen LogP contribution in [0.4, 0.5) is 0 Å².